The second-order valence-electron chi connectivity index (χ2n) is 7.78. The van der Waals surface area contributed by atoms with Crippen molar-refractivity contribution in [2.75, 3.05) is 13.2 Å². The molecule has 0 saturated carbocycles. The number of benzene rings is 4. The van der Waals surface area contributed by atoms with Gasteiger partial charge in [-0.05, 0) is 33.9 Å². The van der Waals surface area contributed by atoms with E-state index in [0.717, 1.165) is 39.1 Å². The predicted molar refractivity (Wildman–Crippen MR) is 145 cm³/mol. The van der Waals surface area contributed by atoms with Crippen LogP contribution in [0.15, 0.2) is 103 Å². The molecule has 0 amide bonds. The maximum atomic E-state index is 9.34. The summed E-state index contributed by atoms with van der Waals surface area (Å²) in [5.74, 6) is 0.741. The van der Waals surface area contributed by atoms with Crippen molar-refractivity contribution >= 4 is 36.5 Å². The monoisotopic (exact) mass is 444 g/mol. The molecule has 4 rings (SSSR count). The SMILES string of the molecule is OCCOc1ccc(/C=C/c2ccccc2)c(/C=C/c2ccccc2)c1/C=C/c1ccccc1. The Bertz CT molecular complexity index is 1250. The van der Waals surface area contributed by atoms with Crippen molar-refractivity contribution in [3.63, 3.8) is 0 Å². The molecule has 1 N–H and O–H groups in total. The molecule has 2 heteroatoms. The average molecular weight is 445 g/mol. The number of aliphatic hydroxyl groups excluding tert-OH is 1. The van der Waals surface area contributed by atoms with Crippen LogP contribution < -0.4 is 4.74 Å². The van der Waals surface area contributed by atoms with Gasteiger partial charge in [0, 0.05) is 5.56 Å². The average Bonchev–Trinajstić information content (AvgIpc) is 2.90. The second-order valence-corrected chi connectivity index (χ2v) is 7.78. The lowest BCUT2D eigenvalue weighted by atomic mass is 9.96. The third-order valence-electron chi connectivity index (χ3n) is 5.37. The van der Waals surface area contributed by atoms with Crippen LogP contribution in [0.3, 0.4) is 0 Å². The van der Waals surface area contributed by atoms with E-state index in [2.05, 4.69) is 78.9 Å². The Morgan fingerprint density at radius 2 is 0.971 bits per heavy atom. The van der Waals surface area contributed by atoms with Gasteiger partial charge in [0.25, 0.3) is 0 Å². The van der Waals surface area contributed by atoms with Crippen molar-refractivity contribution in [3.05, 3.63) is 137 Å². The first-order valence-electron chi connectivity index (χ1n) is 11.4. The third kappa shape index (κ3) is 6.44. The van der Waals surface area contributed by atoms with E-state index in [9.17, 15) is 5.11 Å². The van der Waals surface area contributed by atoms with Crippen molar-refractivity contribution in [2.45, 2.75) is 0 Å². The van der Waals surface area contributed by atoms with Gasteiger partial charge in [0.15, 0.2) is 0 Å². The molecule has 0 saturated heterocycles. The zero-order chi connectivity index (χ0) is 23.4. The van der Waals surface area contributed by atoms with Crippen LogP contribution in [0.5, 0.6) is 5.75 Å². The van der Waals surface area contributed by atoms with Gasteiger partial charge in [0.1, 0.15) is 12.4 Å². The van der Waals surface area contributed by atoms with Crippen LogP contribution in [-0.4, -0.2) is 18.3 Å². The number of aliphatic hydroxyl groups is 1. The summed E-state index contributed by atoms with van der Waals surface area (Å²) >= 11 is 0. The molecule has 0 aliphatic rings. The first-order chi connectivity index (χ1) is 16.8. The highest BCUT2D eigenvalue weighted by molar-refractivity contribution is 5.87. The lowest BCUT2D eigenvalue weighted by Crippen LogP contribution is -2.04. The van der Waals surface area contributed by atoms with Gasteiger partial charge < -0.3 is 9.84 Å². The maximum Gasteiger partial charge on any atom is 0.127 e. The standard InChI is InChI=1S/C32H28O2/c33-24-25-34-32-23-20-29(19-16-26-10-4-1-5-11-26)30(21-17-27-12-6-2-7-13-27)31(32)22-18-28-14-8-3-9-15-28/h1-23,33H,24-25H2/b19-16+,21-17+,22-18+. The molecule has 0 atom stereocenters. The molecule has 0 radical (unpaired) electrons. The summed E-state index contributed by atoms with van der Waals surface area (Å²) in [4.78, 5) is 0. The first kappa shape index (κ1) is 23.0. The van der Waals surface area contributed by atoms with Crippen LogP contribution in [0.4, 0.5) is 0 Å². The minimum absolute atomic E-state index is 0.0350. The number of hydrogen-bond acceptors (Lipinski definition) is 2. The van der Waals surface area contributed by atoms with Gasteiger partial charge in [-0.1, -0.05) is 134 Å². The smallest absolute Gasteiger partial charge is 0.127 e. The molecule has 0 bridgehead atoms. The zero-order valence-electron chi connectivity index (χ0n) is 19.0. The lowest BCUT2D eigenvalue weighted by molar-refractivity contribution is 0.201. The van der Waals surface area contributed by atoms with Crippen molar-refractivity contribution < 1.29 is 9.84 Å². The van der Waals surface area contributed by atoms with Gasteiger partial charge in [-0.2, -0.15) is 0 Å². The summed E-state index contributed by atoms with van der Waals surface area (Å²) in [7, 11) is 0. The molecular formula is C32H28O2. The predicted octanol–water partition coefficient (Wildman–Crippen LogP) is 7.57. The molecule has 4 aromatic rings. The van der Waals surface area contributed by atoms with Gasteiger partial charge in [0.05, 0.1) is 6.61 Å². The van der Waals surface area contributed by atoms with E-state index in [1.54, 1.807) is 0 Å². The third-order valence-corrected chi connectivity index (χ3v) is 5.37. The van der Waals surface area contributed by atoms with Crippen LogP contribution in [0.25, 0.3) is 36.5 Å². The fourth-order valence-corrected chi connectivity index (χ4v) is 3.66. The van der Waals surface area contributed by atoms with Crippen molar-refractivity contribution in [1.82, 2.24) is 0 Å². The van der Waals surface area contributed by atoms with Crippen LogP contribution in [0.1, 0.15) is 33.4 Å². The first-order valence-corrected chi connectivity index (χ1v) is 11.4. The topological polar surface area (TPSA) is 29.5 Å². The van der Waals surface area contributed by atoms with Gasteiger partial charge in [0.2, 0.25) is 0 Å². The number of ether oxygens (including phenoxy) is 1. The molecule has 34 heavy (non-hydrogen) atoms. The van der Waals surface area contributed by atoms with E-state index in [1.807, 2.05) is 60.7 Å². The van der Waals surface area contributed by atoms with E-state index in [0.29, 0.717) is 0 Å². The second kappa shape index (κ2) is 12.2. The van der Waals surface area contributed by atoms with Crippen LogP contribution in [-0.2, 0) is 0 Å². The molecule has 2 nitrogen and oxygen atoms in total. The van der Waals surface area contributed by atoms with E-state index >= 15 is 0 Å². The highest BCUT2D eigenvalue weighted by Crippen LogP contribution is 2.31. The van der Waals surface area contributed by atoms with Crippen LogP contribution >= 0.6 is 0 Å². The summed E-state index contributed by atoms with van der Waals surface area (Å²) < 4.78 is 5.93. The molecule has 0 aliphatic heterocycles. The molecule has 0 heterocycles. The number of rotatable bonds is 9. The Morgan fingerprint density at radius 1 is 0.500 bits per heavy atom. The van der Waals surface area contributed by atoms with Crippen molar-refractivity contribution in [2.24, 2.45) is 0 Å². The van der Waals surface area contributed by atoms with Crippen LogP contribution in [0.2, 0.25) is 0 Å². The van der Waals surface area contributed by atoms with E-state index in [4.69, 9.17) is 4.74 Å². The Kier molecular flexibility index (Phi) is 8.26. The molecule has 0 unspecified atom stereocenters. The van der Waals surface area contributed by atoms with Gasteiger partial charge in [-0.15, -0.1) is 0 Å². The zero-order valence-corrected chi connectivity index (χ0v) is 19.0. The highest BCUT2D eigenvalue weighted by Gasteiger charge is 2.10. The van der Waals surface area contributed by atoms with Gasteiger partial charge in [-0.25, -0.2) is 0 Å². The number of hydrogen-bond donors (Lipinski definition) is 1. The molecular weight excluding hydrogens is 416 g/mol. The van der Waals surface area contributed by atoms with Crippen molar-refractivity contribution in [1.29, 1.82) is 0 Å². The van der Waals surface area contributed by atoms with Gasteiger partial charge in [-0.3, -0.25) is 0 Å². The largest absolute Gasteiger partial charge is 0.491 e. The Morgan fingerprint density at radius 3 is 1.47 bits per heavy atom. The lowest BCUT2D eigenvalue weighted by Gasteiger charge is -2.14. The molecule has 0 fully saturated rings. The van der Waals surface area contributed by atoms with E-state index in [-0.39, 0.29) is 13.2 Å². The maximum absolute atomic E-state index is 9.34. The minimum Gasteiger partial charge on any atom is -0.491 e. The fourth-order valence-electron chi connectivity index (χ4n) is 3.66. The normalized spacial score (nSPS) is 11.6. The molecule has 168 valence electrons. The quantitative estimate of drug-likeness (QED) is 0.270. The van der Waals surface area contributed by atoms with E-state index < -0.39 is 0 Å². The molecule has 4 aromatic carbocycles. The van der Waals surface area contributed by atoms with Gasteiger partial charge >= 0.3 is 0 Å². The highest BCUT2D eigenvalue weighted by atomic mass is 16.5. The Labute approximate surface area is 201 Å². The molecule has 0 aliphatic carbocycles. The molecule has 0 aromatic heterocycles. The van der Waals surface area contributed by atoms with Crippen molar-refractivity contribution in [3.8, 4) is 5.75 Å². The summed E-state index contributed by atoms with van der Waals surface area (Å²) in [6.07, 6.45) is 12.7. The fraction of sp³-hybridized carbons (Fsp3) is 0.0625. The Hall–Kier alpha value is -4.14. The summed E-state index contributed by atoms with van der Waals surface area (Å²) in [6, 6.07) is 34.8. The van der Waals surface area contributed by atoms with E-state index in [1.165, 1.54) is 0 Å². The summed E-state index contributed by atoms with van der Waals surface area (Å²) in [5, 5.41) is 9.34. The summed E-state index contributed by atoms with van der Waals surface area (Å²) in [5.41, 5.74) is 6.49. The summed E-state index contributed by atoms with van der Waals surface area (Å²) in [6.45, 7) is 0.208. The van der Waals surface area contributed by atoms with Crippen LogP contribution in [0, 0.1) is 0 Å². The Balaban J connectivity index is 1.82. The molecule has 0 spiro atoms. The minimum atomic E-state index is -0.0350.